The fourth-order valence-corrected chi connectivity index (χ4v) is 3.09. The molecule has 3 rings (SSSR count). The number of rotatable bonds is 1. The molecule has 3 fully saturated rings. The molecule has 1 saturated carbocycles. The van der Waals surface area contributed by atoms with Gasteiger partial charge in [0.1, 0.15) is 12.2 Å². The Morgan fingerprint density at radius 2 is 1.81 bits per heavy atom. The van der Waals surface area contributed by atoms with E-state index in [1.54, 1.807) is 0 Å². The Balaban J connectivity index is 1.47. The van der Waals surface area contributed by atoms with Crippen LogP contribution in [-0.4, -0.2) is 37.0 Å². The van der Waals surface area contributed by atoms with E-state index in [-0.39, 0.29) is 18.0 Å². The number of hydrogen-bond donors (Lipinski definition) is 0. The van der Waals surface area contributed by atoms with Gasteiger partial charge >= 0.3 is 0 Å². The van der Waals surface area contributed by atoms with Gasteiger partial charge in [-0.15, -0.1) is 0 Å². The van der Waals surface area contributed by atoms with Crippen LogP contribution in [0.5, 0.6) is 0 Å². The zero-order valence-electron chi connectivity index (χ0n) is 12.9. The van der Waals surface area contributed by atoms with Gasteiger partial charge in [-0.05, 0) is 38.8 Å². The molecule has 3 aliphatic rings. The molecule has 21 heavy (non-hydrogen) atoms. The van der Waals surface area contributed by atoms with Crippen LogP contribution in [0.1, 0.15) is 46.0 Å². The SMILES string of the molecule is CC1(C)OC[C@H](/C=C\C#C[C@H]2COC3(CCCCC3)O2)O1. The summed E-state index contributed by atoms with van der Waals surface area (Å²) in [7, 11) is 0. The fourth-order valence-electron chi connectivity index (χ4n) is 3.09. The lowest BCUT2D eigenvalue weighted by atomic mass is 9.94. The molecule has 0 bridgehead atoms. The van der Waals surface area contributed by atoms with Crippen molar-refractivity contribution in [3.05, 3.63) is 12.2 Å². The van der Waals surface area contributed by atoms with Crippen LogP contribution in [0.4, 0.5) is 0 Å². The predicted octanol–water partition coefficient (Wildman–Crippen LogP) is 2.77. The molecule has 0 N–H and O–H groups in total. The highest BCUT2D eigenvalue weighted by Crippen LogP contribution is 2.37. The molecule has 0 aromatic rings. The topological polar surface area (TPSA) is 36.9 Å². The van der Waals surface area contributed by atoms with Crippen LogP contribution < -0.4 is 0 Å². The molecule has 0 aromatic heterocycles. The Bertz CT molecular complexity index is 451. The van der Waals surface area contributed by atoms with Crippen LogP contribution >= 0.6 is 0 Å². The van der Waals surface area contributed by atoms with E-state index in [1.807, 2.05) is 26.0 Å². The average Bonchev–Trinajstić information content (AvgIpc) is 3.00. The summed E-state index contributed by atoms with van der Waals surface area (Å²) >= 11 is 0. The third kappa shape index (κ3) is 3.87. The second-order valence-electron chi connectivity index (χ2n) is 6.40. The fraction of sp³-hybridized carbons (Fsp3) is 0.765. The van der Waals surface area contributed by atoms with E-state index in [0.29, 0.717) is 13.2 Å². The molecule has 2 heterocycles. The van der Waals surface area contributed by atoms with E-state index in [4.69, 9.17) is 18.9 Å². The zero-order valence-corrected chi connectivity index (χ0v) is 12.9. The summed E-state index contributed by atoms with van der Waals surface area (Å²) in [4.78, 5) is 0. The van der Waals surface area contributed by atoms with Crippen molar-refractivity contribution in [2.45, 2.75) is 69.7 Å². The van der Waals surface area contributed by atoms with Crippen molar-refractivity contribution in [1.29, 1.82) is 0 Å². The minimum Gasteiger partial charge on any atom is -0.347 e. The van der Waals surface area contributed by atoms with Crippen LogP contribution in [0.25, 0.3) is 0 Å². The Hall–Kier alpha value is -0.860. The molecule has 0 unspecified atom stereocenters. The normalized spacial score (nSPS) is 34.2. The predicted molar refractivity (Wildman–Crippen MR) is 78.5 cm³/mol. The molecule has 116 valence electrons. The van der Waals surface area contributed by atoms with Gasteiger partial charge in [-0.25, -0.2) is 0 Å². The highest BCUT2D eigenvalue weighted by molar-refractivity contribution is 5.20. The van der Waals surface area contributed by atoms with E-state index < -0.39 is 5.79 Å². The van der Waals surface area contributed by atoms with E-state index >= 15 is 0 Å². The molecule has 2 atom stereocenters. The Morgan fingerprint density at radius 1 is 1.00 bits per heavy atom. The van der Waals surface area contributed by atoms with E-state index in [2.05, 4.69) is 11.8 Å². The third-order valence-corrected chi connectivity index (χ3v) is 4.14. The van der Waals surface area contributed by atoms with Gasteiger partial charge in [0.2, 0.25) is 0 Å². The summed E-state index contributed by atoms with van der Waals surface area (Å²) < 4.78 is 23.0. The molecule has 0 radical (unpaired) electrons. The average molecular weight is 292 g/mol. The second kappa shape index (κ2) is 6.10. The highest BCUT2D eigenvalue weighted by atomic mass is 16.7. The number of hydrogen-bond acceptors (Lipinski definition) is 4. The molecule has 0 amide bonds. The molecule has 1 aliphatic carbocycles. The van der Waals surface area contributed by atoms with Crippen LogP contribution in [0.15, 0.2) is 12.2 Å². The Morgan fingerprint density at radius 3 is 2.52 bits per heavy atom. The minimum absolute atomic E-state index is 0.0141. The van der Waals surface area contributed by atoms with Gasteiger partial charge in [-0.3, -0.25) is 0 Å². The maximum atomic E-state index is 6.01. The summed E-state index contributed by atoms with van der Waals surface area (Å²) in [5.74, 6) is 5.32. The van der Waals surface area contributed by atoms with E-state index in [0.717, 1.165) is 12.8 Å². The van der Waals surface area contributed by atoms with Gasteiger partial charge < -0.3 is 18.9 Å². The first-order chi connectivity index (χ1) is 10.1. The largest absolute Gasteiger partial charge is 0.347 e. The number of allylic oxidation sites excluding steroid dienone is 1. The van der Waals surface area contributed by atoms with Crippen molar-refractivity contribution in [2.75, 3.05) is 13.2 Å². The standard InChI is InChI=1S/C17H24O4/c1-16(2)18-12-14(20-16)8-4-5-9-15-13-19-17(21-15)10-6-3-7-11-17/h4,8,14-15H,3,6-7,10-13H2,1-2H3/b8-4-/t14-,15-/m0/s1. The molecule has 4 nitrogen and oxygen atoms in total. The monoisotopic (exact) mass is 292 g/mol. The van der Waals surface area contributed by atoms with Crippen LogP contribution in [0.3, 0.4) is 0 Å². The summed E-state index contributed by atoms with van der Waals surface area (Å²) in [6.07, 6.45) is 9.31. The maximum Gasteiger partial charge on any atom is 0.170 e. The summed E-state index contributed by atoms with van der Waals surface area (Å²) in [5.41, 5.74) is 0. The first-order valence-electron chi connectivity index (χ1n) is 7.88. The van der Waals surface area contributed by atoms with Crippen molar-refractivity contribution in [2.24, 2.45) is 0 Å². The lowest BCUT2D eigenvalue weighted by Crippen LogP contribution is -2.33. The van der Waals surface area contributed by atoms with Gasteiger partial charge in [0.25, 0.3) is 0 Å². The van der Waals surface area contributed by atoms with Crippen molar-refractivity contribution >= 4 is 0 Å². The molecule has 4 heteroatoms. The van der Waals surface area contributed by atoms with Gasteiger partial charge in [-0.1, -0.05) is 18.3 Å². The molecule has 2 saturated heterocycles. The molecule has 1 spiro atoms. The first-order valence-corrected chi connectivity index (χ1v) is 7.88. The van der Waals surface area contributed by atoms with Crippen molar-refractivity contribution in [1.82, 2.24) is 0 Å². The highest BCUT2D eigenvalue weighted by Gasteiger charge is 2.41. The smallest absolute Gasteiger partial charge is 0.170 e. The van der Waals surface area contributed by atoms with Gasteiger partial charge in [0, 0.05) is 12.8 Å². The summed E-state index contributed by atoms with van der Waals surface area (Å²) in [6, 6.07) is 0. The van der Waals surface area contributed by atoms with E-state index in [9.17, 15) is 0 Å². The van der Waals surface area contributed by atoms with Crippen molar-refractivity contribution in [3.8, 4) is 11.8 Å². The maximum absolute atomic E-state index is 6.01. The molecular weight excluding hydrogens is 268 g/mol. The van der Waals surface area contributed by atoms with Crippen LogP contribution in [-0.2, 0) is 18.9 Å². The van der Waals surface area contributed by atoms with Crippen LogP contribution in [0, 0.1) is 11.8 Å². The first kappa shape index (κ1) is 15.1. The second-order valence-corrected chi connectivity index (χ2v) is 6.40. The van der Waals surface area contributed by atoms with Crippen LogP contribution in [0.2, 0.25) is 0 Å². The third-order valence-electron chi connectivity index (χ3n) is 4.14. The minimum atomic E-state index is -0.488. The lowest BCUT2D eigenvalue weighted by Gasteiger charge is -2.31. The van der Waals surface area contributed by atoms with Crippen molar-refractivity contribution in [3.63, 3.8) is 0 Å². The molecule has 2 aliphatic heterocycles. The van der Waals surface area contributed by atoms with E-state index in [1.165, 1.54) is 19.3 Å². The lowest BCUT2D eigenvalue weighted by molar-refractivity contribution is -0.182. The number of ether oxygens (including phenoxy) is 4. The summed E-state index contributed by atoms with van der Waals surface area (Å²) in [5, 5.41) is 0. The Labute approximate surface area is 126 Å². The summed E-state index contributed by atoms with van der Waals surface area (Å²) in [6.45, 7) is 4.99. The molecule has 0 aromatic carbocycles. The zero-order chi connectivity index (χ0) is 14.8. The van der Waals surface area contributed by atoms with Gasteiger partial charge in [0.15, 0.2) is 11.6 Å². The van der Waals surface area contributed by atoms with Crippen molar-refractivity contribution < 1.29 is 18.9 Å². The Kier molecular flexibility index (Phi) is 4.37. The van der Waals surface area contributed by atoms with Gasteiger partial charge in [-0.2, -0.15) is 0 Å². The molecular formula is C17H24O4. The van der Waals surface area contributed by atoms with Gasteiger partial charge in [0.05, 0.1) is 13.2 Å². The quantitative estimate of drug-likeness (QED) is 0.696.